The maximum absolute atomic E-state index is 11.7. The van der Waals surface area contributed by atoms with Gasteiger partial charge in [-0.25, -0.2) is 0 Å². The number of likely N-dealkylation sites (tertiary alicyclic amines) is 1. The molecule has 7 heteroatoms. The molecular formula is C11H22N6O. The highest BCUT2D eigenvalue weighted by Gasteiger charge is 2.37. The van der Waals surface area contributed by atoms with Crippen molar-refractivity contribution in [2.75, 3.05) is 32.7 Å². The zero-order chi connectivity index (χ0) is 13.4. The topological polar surface area (TPSA) is 107 Å². The summed E-state index contributed by atoms with van der Waals surface area (Å²) in [7, 11) is 0. The summed E-state index contributed by atoms with van der Waals surface area (Å²) in [6.07, 6.45) is 2.41. The van der Waals surface area contributed by atoms with E-state index in [0.717, 1.165) is 32.5 Å². The second kappa shape index (κ2) is 7.20. The molecule has 0 aromatic heterocycles. The van der Waals surface area contributed by atoms with Gasteiger partial charge in [-0.05, 0) is 37.9 Å². The van der Waals surface area contributed by atoms with Gasteiger partial charge >= 0.3 is 0 Å². The Balaban J connectivity index is 2.62. The number of amides is 1. The quantitative estimate of drug-likeness (QED) is 0.314. The van der Waals surface area contributed by atoms with E-state index in [-0.39, 0.29) is 5.91 Å². The van der Waals surface area contributed by atoms with Crippen LogP contribution in [0.4, 0.5) is 0 Å². The van der Waals surface area contributed by atoms with Crippen LogP contribution in [0.2, 0.25) is 0 Å². The molecule has 18 heavy (non-hydrogen) atoms. The van der Waals surface area contributed by atoms with Gasteiger partial charge in [0, 0.05) is 24.5 Å². The normalized spacial score (nSPS) is 25.2. The number of carbonyl (C=O) groups is 1. The molecule has 0 radical (unpaired) electrons. The van der Waals surface area contributed by atoms with Gasteiger partial charge in [-0.3, -0.25) is 4.79 Å². The monoisotopic (exact) mass is 254 g/mol. The summed E-state index contributed by atoms with van der Waals surface area (Å²) in [6.45, 7) is 5.81. The van der Waals surface area contributed by atoms with Crippen LogP contribution in [0.5, 0.6) is 0 Å². The molecule has 102 valence electrons. The minimum absolute atomic E-state index is 0.304. The minimum atomic E-state index is -0.644. The van der Waals surface area contributed by atoms with Crippen molar-refractivity contribution in [3.05, 3.63) is 10.4 Å². The number of hydrogen-bond acceptors (Lipinski definition) is 4. The van der Waals surface area contributed by atoms with Crippen molar-refractivity contribution in [2.24, 2.45) is 10.8 Å². The first kappa shape index (κ1) is 14.8. The van der Waals surface area contributed by atoms with Crippen molar-refractivity contribution in [3.8, 4) is 0 Å². The molecule has 1 rings (SSSR count). The van der Waals surface area contributed by atoms with Crippen molar-refractivity contribution in [1.29, 1.82) is 0 Å². The van der Waals surface area contributed by atoms with E-state index in [2.05, 4.69) is 27.2 Å². The van der Waals surface area contributed by atoms with Gasteiger partial charge in [0.25, 0.3) is 0 Å². The highest BCUT2D eigenvalue weighted by molar-refractivity contribution is 5.84. The molecule has 1 saturated heterocycles. The fourth-order valence-corrected chi connectivity index (χ4v) is 2.41. The maximum atomic E-state index is 11.7. The van der Waals surface area contributed by atoms with Crippen molar-refractivity contribution in [1.82, 2.24) is 10.2 Å². The number of nitrogens with zero attached hydrogens (tertiary/aromatic N) is 4. The largest absolute Gasteiger partial charge is 0.368 e. The molecule has 1 amide bonds. The molecule has 3 N–H and O–H groups in total. The van der Waals surface area contributed by atoms with Gasteiger partial charge in [-0.2, -0.15) is 0 Å². The van der Waals surface area contributed by atoms with E-state index in [1.807, 2.05) is 0 Å². The highest BCUT2D eigenvalue weighted by Crippen LogP contribution is 2.22. The first-order valence-corrected chi connectivity index (χ1v) is 6.43. The third kappa shape index (κ3) is 3.87. The van der Waals surface area contributed by atoms with Crippen molar-refractivity contribution in [2.45, 2.75) is 31.7 Å². The molecular weight excluding hydrogens is 232 g/mol. The average Bonchev–Trinajstić information content (AvgIpc) is 2.58. The van der Waals surface area contributed by atoms with Crippen molar-refractivity contribution < 1.29 is 4.79 Å². The van der Waals surface area contributed by atoms with Gasteiger partial charge in [-0.1, -0.05) is 12.0 Å². The minimum Gasteiger partial charge on any atom is -0.368 e. The first-order chi connectivity index (χ1) is 8.64. The van der Waals surface area contributed by atoms with Crippen LogP contribution in [0.15, 0.2) is 5.11 Å². The van der Waals surface area contributed by atoms with Crippen LogP contribution in [0.3, 0.4) is 0 Å². The Labute approximate surface area is 107 Å². The molecule has 1 atom stereocenters. The maximum Gasteiger partial charge on any atom is 0.237 e. The van der Waals surface area contributed by atoms with Gasteiger partial charge in [0.2, 0.25) is 5.91 Å². The van der Waals surface area contributed by atoms with E-state index in [9.17, 15) is 4.79 Å². The number of carbonyl (C=O) groups excluding carboxylic acids is 1. The van der Waals surface area contributed by atoms with Gasteiger partial charge in [0.1, 0.15) is 0 Å². The van der Waals surface area contributed by atoms with Crippen molar-refractivity contribution >= 4 is 5.91 Å². The number of nitrogens with one attached hydrogen (secondary N) is 1. The average molecular weight is 254 g/mol. The zero-order valence-corrected chi connectivity index (χ0v) is 10.9. The SMILES string of the molecule is CCN1CCCC(NCCN=[N+]=[N-])(C(N)=O)CC1. The molecule has 1 fully saturated rings. The van der Waals surface area contributed by atoms with Crippen LogP contribution < -0.4 is 11.1 Å². The predicted molar refractivity (Wildman–Crippen MR) is 69.9 cm³/mol. The Morgan fingerprint density at radius 1 is 1.56 bits per heavy atom. The van der Waals surface area contributed by atoms with Crippen LogP contribution in [0.1, 0.15) is 26.2 Å². The van der Waals surface area contributed by atoms with Gasteiger partial charge in [0.05, 0.1) is 5.54 Å². The van der Waals surface area contributed by atoms with E-state index < -0.39 is 5.54 Å². The van der Waals surface area contributed by atoms with Crippen LogP contribution in [0.25, 0.3) is 10.4 Å². The van der Waals surface area contributed by atoms with Crippen LogP contribution in [-0.2, 0) is 4.79 Å². The fraction of sp³-hybridized carbons (Fsp3) is 0.909. The Morgan fingerprint density at radius 2 is 2.33 bits per heavy atom. The van der Waals surface area contributed by atoms with E-state index in [1.54, 1.807) is 0 Å². The summed E-state index contributed by atoms with van der Waals surface area (Å²) < 4.78 is 0. The smallest absolute Gasteiger partial charge is 0.237 e. The van der Waals surface area contributed by atoms with Crippen LogP contribution >= 0.6 is 0 Å². The summed E-state index contributed by atoms with van der Waals surface area (Å²) in [5.74, 6) is -0.304. The molecule has 0 aliphatic carbocycles. The Kier molecular flexibility index (Phi) is 5.91. The molecule has 0 bridgehead atoms. The number of hydrogen-bond donors (Lipinski definition) is 2. The number of nitrogens with two attached hydrogens (primary N) is 1. The molecule has 7 nitrogen and oxygen atoms in total. The number of primary amides is 1. The second-order valence-electron chi connectivity index (χ2n) is 4.62. The fourth-order valence-electron chi connectivity index (χ4n) is 2.41. The third-order valence-corrected chi connectivity index (χ3v) is 3.59. The van der Waals surface area contributed by atoms with Gasteiger partial charge < -0.3 is 16.0 Å². The highest BCUT2D eigenvalue weighted by atomic mass is 16.1. The Hall–Kier alpha value is -1.30. The molecule has 0 saturated carbocycles. The lowest BCUT2D eigenvalue weighted by atomic mass is 9.89. The van der Waals surface area contributed by atoms with E-state index >= 15 is 0 Å². The molecule has 1 heterocycles. The Morgan fingerprint density at radius 3 is 2.94 bits per heavy atom. The number of rotatable bonds is 6. The lowest BCUT2D eigenvalue weighted by molar-refractivity contribution is -0.124. The van der Waals surface area contributed by atoms with Gasteiger partial charge in [0.15, 0.2) is 0 Å². The summed E-state index contributed by atoms with van der Waals surface area (Å²) >= 11 is 0. The summed E-state index contributed by atoms with van der Waals surface area (Å²) in [6, 6.07) is 0. The van der Waals surface area contributed by atoms with Crippen LogP contribution in [-0.4, -0.2) is 49.1 Å². The van der Waals surface area contributed by atoms with E-state index in [4.69, 9.17) is 11.3 Å². The summed E-state index contributed by atoms with van der Waals surface area (Å²) in [5, 5.41) is 6.64. The first-order valence-electron chi connectivity index (χ1n) is 6.43. The Bertz CT molecular complexity index is 327. The van der Waals surface area contributed by atoms with Crippen LogP contribution in [0, 0.1) is 0 Å². The standard InChI is InChI=1S/C11H22N6O/c1-2-17-8-3-4-11(5-9-17,10(12)18)14-6-7-15-16-13/h14H,2-9H2,1H3,(H2,12,18). The third-order valence-electron chi connectivity index (χ3n) is 3.59. The number of azide groups is 1. The molecule has 1 unspecified atom stereocenters. The van der Waals surface area contributed by atoms with Gasteiger partial charge in [-0.15, -0.1) is 0 Å². The zero-order valence-electron chi connectivity index (χ0n) is 10.9. The molecule has 1 aliphatic heterocycles. The lowest BCUT2D eigenvalue weighted by Gasteiger charge is -2.30. The second-order valence-corrected chi connectivity index (χ2v) is 4.62. The predicted octanol–water partition coefficient (Wildman–Crippen LogP) is 0.616. The lowest BCUT2D eigenvalue weighted by Crippen LogP contribution is -2.56. The molecule has 0 aromatic carbocycles. The summed E-state index contributed by atoms with van der Waals surface area (Å²) in [5.41, 5.74) is 13.1. The van der Waals surface area contributed by atoms with E-state index in [0.29, 0.717) is 19.5 Å². The van der Waals surface area contributed by atoms with E-state index in [1.165, 1.54) is 0 Å². The van der Waals surface area contributed by atoms with Crippen molar-refractivity contribution in [3.63, 3.8) is 0 Å². The molecule has 0 spiro atoms. The summed E-state index contributed by atoms with van der Waals surface area (Å²) in [4.78, 5) is 16.7. The molecule has 0 aromatic rings. The molecule has 1 aliphatic rings.